The quantitative estimate of drug-likeness (QED) is 0.274. The van der Waals surface area contributed by atoms with Crippen LogP contribution in [0, 0.1) is 0 Å². The molecule has 1 amide bonds. The van der Waals surface area contributed by atoms with Crippen molar-refractivity contribution in [3.8, 4) is 5.75 Å². The van der Waals surface area contributed by atoms with Crippen molar-refractivity contribution in [1.29, 1.82) is 0 Å². The van der Waals surface area contributed by atoms with Gasteiger partial charge in [-0.15, -0.1) is 0 Å². The minimum Gasteiger partial charge on any atom is -0.506 e. The number of carbonyl (C=O) groups is 1. The van der Waals surface area contributed by atoms with Crippen LogP contribution in [0.3, 0.4) is 0 Å². The second-order valence-electron chi connectivity index (χ2n) is 7.03. The summed E-state index contributed by atoms with van der Waals surface area (Å²) in [7, 11) is -4.01. The smallest absolute Gasteiger partial charge is 0.261 e. The topological polar surface area (TPSA) is 133 Å². The van der Waals surface area contributed by atoms with E-state index in [9.17, 15) is 18.3 Å². The maximum absolute atomic E-state index is 12.8. The van der Waals surface area contributed by atoms with Crippen LogP contribution in [0.1, 0.15) is 10.4 Å². The molecule has 9 nitrogen and oxygen atoms in total. The first-order valence-corrected chi connectivity index (χ1v) is 11.7. The third-order valence-corrected chi connectivity index (χ3v) is 6.16. The van der Waals surface area contributed by atoms with E-state index in [2.05, 4.69) is 25.3 Å². The van der Waals surface area contributed by atoms with Gasteiger partial charge in [0, 0.05) is 28.7 Å². The number of phenols is 1. The van der Waals surface area contributed by atoms with Crippen molar-refractivity contribution in [1.82, 2.24) is 9.97 Å². The first kappa shape index (κ1) is 23.0. The molecule has 0 atom stereocenters. The van der Waals surface area contributed by atoms with Crippen molar-refractivity contribution in [2.75, 3.05) is 15.4 Å². The zero-order valence-electron chi connectivity index (χ0n) is 17.4. The van der Waals surface area contributed by atoms with Crippen LogP contribution in [0.4, 0.5) is 23.0 Å². The van der Waals surface area contributed by atoms with E-state index < -0.39 is 15.9 Å². The van der Waals surface area contributed by atoms with Crippen LogP contribution in [-0.4, -0.2) is 29.4 Å². The Morgan fingerprint density at radius 2 is 1.62 bits per heavy atom. The van der Waals surface area contributed by atoms with Crippen molar-refractivity contribution in [2.45, 2.75) is 4.90 Å². The number of sulfonamides is 1. The van der Waals surface area contributed by atoms with Crippen molar-refractivity contribution in [3.63, 3.8) is 0 Å². The van der Waals surface area contributed by atoms with Crippen molar-refractivity contribution >= 4 is 50.5 Å². The number of carbonyl (C=O) groups excluding carboxylic acids is 1. The van der Waals surface area contributed by atoms with Crippen LogP contribution < -0.4 is 15.4 Å². The number of phenolic OH excluding ortho intramolecular Hbond substituents is 1. The fourth-order valence-electron chi connectivity index (χ4n) is 2.97. The van der Waals surface area contributed by atoms with Crippen LogP contribution in [0.15, 0.2) is 90.1 Å². The molecule has 0 aliphatic heterocycles. The van der Waals surface area contributed by atoms with E-state index in [0.717, 1.165) is 0 Å². The minimum atomic E-state index is -4.01. The van der Waals surface area contributed by atoms with Gasteiger partial charge in [0.25, 0.3) is 15.9 Å². The molecule has 0 spiro atoms. The monoisotopic (exact) mass is 495 g/mol. The Morgan fingerprint density at radius 3 is 2.38 bits per heavy atom. The SMILES string of the molecule is O=C(Nc1cc(S(=O)(=O)Nc2cccc(Cl)c2)ccc1O)c1cccc(Nc2ncccn2)c1. The van der Waals surface area contributed by atoms with Gasteiger partial charge in [-0.3, -0.25) is 9.52 Å². The van der Waals surface area contributed by atoms with Gasteiger partial charge in [-0.05, 0) is 60.7 Å². The van der Waals surface area contributed by atoms with Gasteiger partial charge in [0.15, 0.2) is 0 Å². The molecule has 0 radical (unpaired) electrons. The molecule has 172 valence electrons. The summed E-state index contributed by atoms with van der Waals surface area (Å²) in [6.45, 7) is 0. The molecule has 34 heavy (non-hydrogen) atoms. The summed E-state index contributed by atoms with van der Waals surface area (Å²) in [5, 5.41) is 16.1. The van der Waals surface area contributed by atoms with Gasteiger partial charge in [-0.1, -0.05) is 23.7 Å². The number of anilines is 4. The molecule has 4 rings (SSSR count). The Hall–Kier alpha value is -4.15. The molecule has 0 fully saturated rings. The van der Waals surface area contributed by atoms with Gasteiger partial charge in [0.1, 0.15) is 5.75 Å². The number of halogens is 1. The van der Waals surface area contributed by atoms with Gasteiger partial charge in [0.05, 0.1) is 16.3 Å². The summed E-state index contributed by atoms with van der Waals surface area (Å²) in [4.78, 5) is 20.8. The number of aromatic hydroxyl groups is 1. The average molecular weight is 496 g/mol. The van der Waals surface area contributed by atoms with E-state index >= 15 is 0 Å². The maximum Gasteiger partial charge on any atom is 0.261 e. The Kier molecular flexibility index (Phi) is 6.62. The van der Waals surface area contributed by atoms with E-state index in [1.165, 1.54) is 24.3 Å². The largest absolute Gasteiger partial charge is 0.506 e. The fraction of sp³-hybridized carbons (Fsp3) is 0. The highest BCUT2D eigenvalue weighted by atomic mass is 35.5. The molecule has 11 heteroatoms. The molecular formula is C23H18ClN5O4S. The van der Waals surface area contributed by atoms with Crippen LogP contribution in [-0.2, 0) is 10.0 Å². The summed E-state index contributed by atoms with van der Waals surface area (Å²) in [6, 6.07) is 18.0. The Morgan fingerprint density at radius 1 is 0.882 bits per heavy atom. The molecule has 3 aromatic carbocycles. The summed E-state index contributed by atoms with van der Waals surface area (Å²) >= 11 is 5.91. The lowest BCUT2D eigenvalue weighted by molar-refractivity contribution is 0.102. The zero-order chi connectivity index (χ0) is 24.1. The Balaban J connectivity index is 1.53. The predicted molar refractivity (Wildman–Crippen MR) is 130 cm³/mol. The number of amides is 1. The van der Waals surface area contributed by atoms with Crippen molar-refractivity contribution in [3.05, 3.63) is 95.8 Å². The van der Waals surface area contributed by atoms with E-state index in [1.54, 1.807) is 60.9 Å². The number of hydrogen-bond acceptors (Lipinski definition) is 7. The predicted octanol–water partition coefficient (Wildman–Crippen LogP) is 4.63. The van der Waals surface area contributed by atoms with Crippen molar-refractivity contribution in [2.24, 2.45) is 0 Å². The molecule has 0 unspecified atom stereocenters. The maximum atomic E-state index is 12.8. The third kappa shape index (κ3) is 5.61. The van der Waals surface area contributed by atoms with E-state index in [0.29, 0.717) is 16.7 Å². The molecule has 4 aromatic rings. The van der Waals surface area contributed by atoms with Gasteiger partial charge in [-0.25, -0.2) is 18.4 Å². The van der Waals surface area contributed by atoms with Crippen LogP contribution in [0.25, 0.3) is 0 Å². The Labute approximate surface area is 200 Å². The molecule has 1 heterocycles. The number of hydrogen-bond donors (Lipinski definition) is 4. The second kappa shape index (κ2) is 9.77. The average Bonchev–Trinajstić information content (AvgIpc) is 2.81. The van der Waals surface area contributed by atoms with Gasteiger partial charge < -0.3 is 15.7 Å². The van der Waals surface area contributed by atoms with Gasteiger partial charge in [-0.2, -0.15) is 0 Å². The highest BCUT2D eigenvalue weighted by Crippen LogP contribution is 2.28. The van der Waals surface area contributed by atoms with E-state index in [1.807, 2.05) is 0 Å². The number of rotatable bonds is 7. The lowest BCUT2D eigenvalue weighted by atomic mass is 10.2. The molecular weight excluding hydrogens is 478 g/mol. The van der Waals surface area contributed by atoms with Crippen LogP contribution in [0.2, 0.25) is 5.02 Å². The van der Waals surface area contributed by atoms with E-state index in [4.69, 9.17) is 11.6 Å². The number of benzene rings is 3. The summed E-state index contributed by atoms with van der Waals surface area (Å²) in [6.07, 6.45) is 3.16. The second-order valence-corrected chi connectivity index (χ2v) is 9.15. The first-order chi connectivity index (χ1) is 16.3. The summed E-state index contributed by atoms with van der Waals surface area (Å²) in [5.74, 6) is -0.477. The van der Waals surface area contributed by atoms with Crippen LogP contribution in [0.5, 0.6) is 5.75 Å². The summed E-state index contributed by atoms with van der Waals surface area (Å²) < 4.78 is 28.0. The van der Waals surface area contributed by atoms with E-state index in [-0.39, 0.29) is 27.6 Å². The number of nitrogens with one attached hydrogen (secondary N) is 3. The third-order valence-electron chi connectivity index (χ3n) is 4.55. The lowest BCUT2D eigenvalue weighted by Gasteiger charge is -2.12. The normalized spacial score (nSPS) is 11.0. The molecule has 0 saturated carbocycles. The van der Waals surface area contributed by atoms with Gasteiger partial charge >= 0.3 is 0 Å². The molecule has 0 aliphatic rings. The fourth-order valence-corrected chi connectivity index (χ4v) is 4.24. The summed E-state index contributed by atoms with van der Waals surface area (Å²) in [5.41, 5.74) is 1.05. The standard InChI is InChI=1S/C23H18ClN5O4S/c24-16-5-2-7-18(13-16)29-34(32,33)19-8-9-21(30)20(14-19)28-22(31)15-4-1-6-17(12-15)27-23-25-10-3-11-26-23/h1-14,29-30H,(H,28,31)(H,25,26,27). The lowest BCUT2D eigenvalue weighted by Crippen LogP contribution is -2.15. The first-order valence-electron chi connectivity index (χ1n) is 9.87. The minimum absolute atomic E-state index is 0.0660. The Bertz CT molecular complexity index is 1450. The molecule has 0 aliphatic carbocycles. The molecule has 0 bridgehead atoms. The highest BCUT2D eigenvalue weighted by Gasteiger charge is 2.18. The van der Waals surface area contributed by atoms with Gasteiger partial charge in [0.2, 0.25) is 5.95 Å². The zero-order valence-corrected chi connectivity index (χ0v) is 19.0. The van der Waals surface area contributed by atoms with Crippen LogP contribution >= 0.6 is 11.6 Å². The number of aromatic nitrogens is 2. The van der Waals surface area contributed by atoms with Crippen molar-refractivity contribution < 1.29 is 18.3 Å². The molecule has 4 N–H and O–H groups in total. The highest BCUT2D eigenvalue weighted by molar-refractivity contribution is 7.92. The number of nitrogens with zero attached hydrogens (tertiary/aromatic N) is 2. The molecule has 0 saturated heterocycles. The molecule has 1 aromatic heterocycles.